The summed E-state index contributed by atoms with van der Waals surface area (Å²) >= 11 is 2.82. The molecule has 15 nitrogen and oxygen atoms in total. The molecule has 438 valence electrons. The molecule has 2 saturated carbocycles. The molecule has 17 heteroatoms. The van der Waals surface area contributed by atoms with E-state index in [2.05, 4.69) is 40.2 Å². The van der Waals surface area contributed by atoms with E-state index >= 15 is 0 Å². The number of amides is 6. The molecule has 82 heavy (non-hydrogen) atoms. The van der Waals surface area contributed by atoms with Crippen LogP contribution < -0.4 is 16.0 Å². The standard InChI is InChI=1S/C65H85N9O6S2/c1-5-44(2)58(75)69-56(48-24-14-8-15-25-48)64(79)73-36-18-28-52(73)40-71(38-34-46-20-10-6-11-21-46)62(77)54-42-81-60(67-54)50-30-32-51(33-31-50)61-68-55(43-82-61)63(78)72(39-35-47-22-12-7-13-23-47)41-53-29-19-37-74(53)65(80)57(49-26-16-9-17-27-49)70-59(76)45(3)66-4/h6-7,10-13,20-23,30-33,42-45,48-49,52-53,56-57,66H,5,8-9,14-19,24-29,34-41H2,1-4H3,(H,69,75)(H,70,76)/t44-,45+,52+,53+,56+,57+/m1/s1. The van der Waals surface area contributed by atoms with Crippen LogP contribution in [0.25, 0.3) is 21.1 Å². The second-order valence-electron chi connectivity index (χ2n) is 23.4. The number of likely N-dealkylation sites (tertiary alicyclic amines) is 2. The first-order valence-corrected chi connectivity index (χ1v) is 32.2. The average molecular weight is 1150 g/mol. The van der Waals surface area contributed by atoms with Crippen LogP contribution in [0.3, 0.4) is 0 Å². The van der Waals surface area contributed by atoms with Gasteiger partial charge in [-0.05, 0) is 108 Å². The van der Waals surface area contributed by atoms with Crippen molar-refractivity contribution in [3.63, 3.8) is 0 Å². The third-order valence-corrected chi connectivity index (χ3v) is 19.6. The second-order valence-corrected chi connectivity index (χ2v) is 25.1. The molecule has 9 rings (SSSR count). The van der Waals surface area contributed by atoms with Crippen LogP contribution in [0, 0.1) is 17.8 Å². The number of benzene rings is 3. The fourth-order valence-corrected chi connectivity index (χ4v) is 14.1. The fraction of sp³-hybridized carbons (Fsp3) is 0.538. The highest BCUT2D eigenvalue weighted by atomic mass is 32.1. The molecular formula is C65H85N9O6S2. The molecule has 4 aliphatic rings. The molecule has 5 aromatic rings. The Morgan fingerprint density at radius 2 is 0.976 bits per heavy atom. The van der Waals surface area contributed by atoms with Crippen molar-refractivity contribution in [2.24, 2.45) is 17.8 Å². The molecule has 3 aromatic carbocycles. The lowest BCUT2D eigenvalue weighted by atomic mass is 9.83. The number of rotatable bonds is 24. The van der Waals surface area contributed by atoms with E-state index < -0.39 is 18.1 Å². The van der Waals surface area contributed by atoms with E-state index in [9.17, 15) is 28.8 Å². The van der Waals surface area contributed by atoms with E-state index in [1.165, 1.54) is 22.7 Å². The molecule has 6 amide bonds. The van der Waals surface area contributed by atoms with E-state index in [0.29, 0.717) is 79.9 Å². The lowest BCUT2D eigenvalue weighted by Crippen LogP contribution is -2.57. The summed E-state index contributed by atoms with van der Waals surface area (Å²) in [6.45, 7) is 8.54. The number of aromatic nitrogens is 2. The number of hydrogen-bond acceptors (Lipinski definition) is 11. The smallest absolute Gasteiger partial charge is 0.273 e. The molecule has 4 fully saturated rings. The second kappa shape index (κ2) is 29.3. The molecule has 3 N–H and O–H groups in total. The molecule has 2 aliphatic heterocycles. The molecule has 2 saturated heterocycles. The van der Waals surface area contributed by atoms with Crippen LogP contribution in [0.4, 0.5) is 0 Å². The van der Waals surface area contributed by atoms with Gasteiger partial charge in [-0.3, -0.25) is 28.8 Å². The fourth-order valence-electron chi connectivity index (χ4n) is 12.5. The Bertz CT molecular complexity index is 2710. The minimum atomic E-state index is -0.606. The maximum atomic E-state index is 14.7. The van der Waals surface area contributed by atoms with Gasteiger partial charge in [0.1, 0.15) is 33.5 Å². The zero-order chi connectivity index (χ0) is 57.5. The highest BCUT2D eigenvalue weighted by Crippen LogP contribution is 2.34. The van der Waals surface area contributed by atoms with E-state index in [1.54, 1.807) is 14.0 Å². The zero-order valence-electron chi connectivity index (χ0n) is 48.6. The van der Waals surface area contributed by atoms with Crippen molar-refractivity contribution >= 4 is 58.1 Å². The normalized spacial score (nSPS) is 19.3. The first-order chi connectivity index (χ1) is 39.9. The van der Waals surface area contributed by atoms with Crippen LogP contribution in [0.2, 0.25) is 0 Å². The number of nitrogens with zero attached hydrogens (tertiary/aromatic N) is 6. The quantitative estimate of drug-likeness (QED) is 0.0543. The Hall–Kier alpha value is -6.30. The number of thiazole rings is 2. The SMILES string of the molecule is CC[C@@H](C)C(=O)N[C@H](C(=O)N1CCC[C@H]1CN(CCc1ccccc1)C(=O)c1csc(-c2ccc(-c3nc(C(=O)N(CCc4ccccc4)C[C@@H]4CCCN4C(=O)[C@@H](NC(=O)[C@H](C)NC)C4CCCCC4)cs3)cc2)n1)C1CCCCC1. The van der Waals surface area contributed by atoms with Crippen molar-refractivity contribution in [1.29, 1.82) is 0 Å². The molecule has 6 atom stereocenters. The summed E-state index contributed by atoms with van der Waals surface area (Å²) in [5.74, 6) is -0.696. The number of nitrogens with one attached hydrogen (secondary N) is 3. The monoisotopic (exact) mass is 1150 g/mol. The summed E-state index contributed by atoms with van der Waals surface area (Å²) < 4.78 is 0. The van der Waals surface area contributed by atoms with E-state index in [-0.39, 0.29) is 65.3 Å². The predicted molar refractivity (Wildman–Crippen MR) is 325 cm³/mol. The largest absolute Gasteiger partial charge is 0.344 e. The molecule has 0 spiro atoms. The Morgan fingerprint density at radius 1 is 0.561 bits per heavy atom. The van der Waals surface area contributed by atoms with E-state index in [0.717, 1.165) is 112 Å². The first-order valence-electron chi connectivity index (χ1n) is 30.5. The third-order valence-electron chi connectivity index (χ3n) is 17.9. The van der Waals surface area contributed by atoms with Gasteiger partial charge >= 0.3 is 0 Å². The highest BCUT2D eigenvalue weighted by molar-refractivity contribution is 7.13. The van der Waals surface area contributed by atoms with Crippen molar-refractivity contribution in [1.82, 2.24) is 45.5 Å². The Morgan fingerprint density at radius 3 is 1.38 bits per heavy atom. The molecule has 4 heterocycles. The maximum absolute atomic E-state index is 14.7. The molecule has 0 unspecified atom stereocenters. The van der Waals surface area contributed by atoms with E-state index in [4.69, 9.17) is 9.97 Å². The van der Waals surface area contributed by atoms with Crippen molar-refractivity contribution in [3.05, 3.63) is 118 Å². The van der Waals surface area contributed by atoms with Gasteiger partial charge in [-0.1, -0.05) is 137 Å². The van der Waals surface area contributed by atoms with Crippen molar-refractivity contribution < 1.29 is 28.8 Å². The minimum absolute atomic E-state index is 0.0228. The number of carbonyl (C=O) groups excluding carboxylic acids is 6. The van der Waals surface area contributed by atoms with Gasteiger partial charge in [0.25, 0.3) is 11.8 Å². The van der Waals surface area contributed by atoms with Gasteiger partial charge in [0, 0.05) is 79.2 Å². The first kappa shape index (κ1) is 60.3. The molecule has 0 radical (unpaired) electrons. The Labute approximate surface area is 493 Å². The van der Waals surface area contributed by atoms with Gasteiger partial charge in [0.2, 0.25) is 23.6 Å². The predicted octanol–water partition coefficient (Wildman–Crippen LogP) is 10.1. The van der Waals surface area contributed by atoms with Crippen molar-refractivity contribution in [2.75, 3.05) is 46.3 Å². The van der Waals surface area contributed by atoms with Crippen LogP contribution in [-0.4, -0.2) is 142 Å². The van der Waals surface area contributed by atoms with Gasteiger partial charge in [0.05, 0.1) is 6.04 Å². The highest BCUT2D eigenvalue weighted by Gasteiger charge is 2.42. The van der Waals surface area contributed by atoms with Crippen LogP contribution in [0.15, 0.2) is 95.7 Å². The summed E-state index contributed by atoms with van der Waals surface area (Å²) in [6, 6.07) is 26.2. The van der Waals surface area contributed by atoms with E-state index in [1.807, 2.05) is 105 Å². The van der Waals surface area contributed by atoms with Gasteiger partial charge in [-0.25, -0.2) is 9.97 Å². The summed E-state index contributed by atoms with van der Waals surface area (Å²) in [4.78, 5) is 103. The summed E-state index contributed by atoms with van der Waals surface area (Å²) in [7, 11) is 1.75. The lowest BCUT2D eigenvalue weighted by Gasteiger charge is -2.37. The Kier molecular flexibility index (Phi) is 21.5. The summed E-state index contributed by atoms with van der Waals surface area (Å²) in [6.07, 6.45) is 15.3. The minimum Gasteiger partial charge on any atom is -0.344 e. The van der Waals surface area contributed by atoms with Gasteiger partial charge in [-0.2, -0.15) is 0 Å². The lowest BCUT2D eigenvalue weighted by molar-refractivity contribution is -0.140. The summed E-state index contributed by atoms with van der Waals surface area (Å²) in [5, 5.41) is 14.4. The van der Waals surface area contributed by atoms with Crippen LogP contribution in [-0.2, 0) is 32.0 Å². The Balaban J connectivity index is 0.887. The van der Waals surface area contributed by atoms with Crippen LogP contribution in [0.5, 0.6) is 0 Å². The van der Waals surface area contributed by atoms with Crippen LogP contribution >= 0.6 is 22.7 Å². The number of likely N-dealkylation sites (N-methyl/N-ethyl adjacent to an activating group) is 1. The third kappa shape index (κ3) is 15.3. The van der Waals surface area contributed by atoms with Crippen molar-refractivity contribution in [3.8, 4) is 21.1 Å². The maximum Gasteiger partial charge on any atom is 0.273 e. The molecule has 0 bridgehead atoms. The molecule has 2 aromatic heterocycles. The van der Waals surface area contributed by atoms with Crippen LogP contribution in [0.1, 0.15) is 149 Å². The molecular weight excluding hydrogens is 1070 g/mol. The summed E-state index contributed by atoms with van der Waals surface area (Å²) in [5.41, 5.74) is 4.63. The molecule has 2 aliphatic carbocycles. The zero-order valence-corrected chi connectivity index (χ0v) is 50.2. The average Bonchev–Trinajstić information content (AvgIpc) is 4.55. The van der Waals surface area contributed by atoms with Crippen molar-refractivity contribution in [2.45, 2.75) is 160 Å². The van der Waals surface area contributed by atoms with Gasteiger partial charge in [-0.15, -0.1) is 22.7 Å². The number of carbonyl (C=O) groups is 6. The topological polar surface area (TPSA) is 177 Å². The number of hydrogen-bond donors (Lipinski definition) is 3. The van der Waals surface area contributed by atoms with Gasteiger partial charge < -0.3 is 35.6 Å². The van der Waals surface area contributed by atoms with Gasteiger partial charge in [0.15, 0.2) is 0 Å².